The van der Waals surface area contributed by atoms with E-state index in [2.05, 4.69) is 29.6 Å². The van der Waals surface area contributed by atoms with E-state index in [0.29, 0.717) is 17.7 Å². The van der Waals surface area contributed by atoms with Crippen LogP contribution in [0.25, 0.3) is 17.2 Å². The van der Waals surface area contributed by atoms with E-state index in [1.54, 1.807) is 12.1 Å². The minimum absolute atomic E-state index is 0.000726. The summed E-state index contributed by atoms with van der Waals surface area (Å²) in [5.74, 6) is -0.0885. The molecular weight excluding hydrogens is 433 g/mol. The third kappa shape index (κ3) is 5.29. The van der Waals surface area contributed by atoms with Crippen molar-refractivity contribution in [3.8, 4) is 16.9 Å². The van der Waals surface area contributed by atoms with Crippen LogP contribution in [0.4, 0.5) is 9.18 Å². The minimum atomic E-state index is -0.491. The number of hydrogen-bond acceptors (Lipinski definition) is 4. The first-order valence-electron chi connectivity index (χ1n) is 11.4. The number of rotatable bonds is 9. The maximum Gasteiger partial charge on any atom is 0.407 e. The zero-order valence-electron chi connectivity index (χ0n) is 19.0. The van der Waals surface area contributed by atoms with Gasteiger partial charge in [-0.2, -0.15) is 0 Å². The molecule has 1 aliphatic carbocycles. The van der Waals surface area contributed by atoms with Gasteiger partial charge in [-0.05, 0) is 40.8 Å². The molecule has 3 aromatic rings. The Morgan fingerprint density at radius 2 is 1.76 bits per heavy atom. The summed E-state index contributed by atoms with van der Waals surface area (Å²) in [5.41, 5.74) is 5.34. The number of ether oxygens (including phenoxy) is 2. The molecule has 1 atom stereocenters. The van der Waals surface area contributed by atoms with Gasteiger partial charge < -0.3 is 19.9 Å². The van der Waals surface area contributed by atoms with Crippen molar-refractivity contribution in [1.29, 1.82) is 0 Å². The van der Waals surface area contributed by atoms with Crippen LogP contribution in [-0.4, -0.2) is 37.1 Å². The topological polar surface area (TPSA) is 67.8 Å². The van der Waals surface area contributed by atoms with Crippen LogP contribution in [0, 0.1) is 5.82 Å². The normalized spacial score (nSPS) is 13.4. The van der Waals surface area contributed by atoms with Crippen molar-refractivity contribution >= 4 is 12.2 Å². The summed E-state index contributed by atoms with van der Waals surface area (Å²) in [5, 5.41) is 11.9. The van der Waals surface area contributed by atoms with E-state index in [4.69, 9.17) is 14.6 Å². The van der Waals surface area contributed by atoms with Crippen molar-refractivity contribution in [2.24, 2.45) is 0 Å². The summed E-state index contributed by atoms with van der Waals surface area (Å²) in [6.45, 7) is 2.10. The monoisotopic (exact) mass is 461 g/mol. The van der Waals surface area contributed by atoms with E-state index in [1.807, 2.05) is 37.3 Å². The van der Waals surface area contributed by atoms with Gasteiger partial charge in [0.05, 0.1) is 12.6 Å². The lowest BCUT2D eigenvalue weighted by Crippen LogP contribution is -2.34. The Morgan fingerprint density at radius 3 is 2.41 bits per heavy atom. The highest BCUT2D eigenvalue weighted by Crippen LogP contribution is 2.44. The van der Waals surface area contributed by atoms with Crippen molar-refractivity contribution in [1.82, 2.24) is 5.32 Å². The number of halogens is 1. The molecular formula is C28H28FNO4. The van der Waals surface area contributed by atoms with Crippen LogP contribution in [0.2, 0.25) is 0 Å². The van der Waals surface area contributed by atoms with E-state index in [0.717, 1.165) is 11.1 Å². The van der Waals surface area contributed by atoms with Crippen LogP contribution < -0.4 is 10.1 Å². The number of benzene rings is 3. The first-order chi connectivity index (χ1) is 16.6. The Hall–Kier alpha value is -3.64. The molecule has 4 rings (SSSR count). The highest BCUT2D eigenvalue weighted by Gasteiger charge is 2.29. The molecule has 2 N–H and O–H groups in total. The molecule has 34 heavy (non-hydrogen) atoms. The molecule has 0 bridgehead atoms. The Bertz CT molecular complexity index is 1130. The number of aliphatic hydroxyl groups is 1. The lowest BCUT2D eigenvalue weighted by molar-refractivity contribution is 0.140. The molecule has 0 aromatic heterocycles. The molecule has 176 valence electrons. The fraction of sp³-hybridized carbons (Fsp3) is 0.250. The van der Waals surface area contributed by atoms with Crippen LogP contribution in [0.1, 0.15) is 36.0 Å². The molecule has 0 saturated heterocycles. The molecule has 0 saturated carbocycles. The Morgan fingerprint density at radius 1 is 1.09 bits per heavy atom. The van der Waals surface area contributed by atoms with Crippen LogP contribution in [0.3, 0.4) is 0 Å². The Kier molecular flexibility index (Phi) is 7.60. The summed E-state index contributed by atoms with van der Waals surface area (Å²) < 4.78 is 24.6. The lowest BCUT2D eigenvalue weighted by atomic mass is 9.98. The molecule has 0 spiro atoms. The van der Waals surface area contributed by atoms with Crippen molar-refractivity contribution in [3.05, 3.63) is 95.3 Å². The van der Waals surface area contributed by atoms with Gasteiger partial charge in [-0.15, -0.1) is 0 Å². The van der Waals surface area contributed by atoms with E-state index in [1.165, 1.54) is 23.3 Å². The van der Waals surface area contributed by atoms with Crippen molar-refractivity contribution in [3.63, 3.8) is 0 Å². The molecule has 1 aliphatic rings. The van der Waals surface area contributed by atoms with Gasteiger partial charge in [-0.25, -0.2) is 9.18 Å². The molecule has 0 heterocycles. The molecule has 0 radical (unpaired) electrons. The maximum atomic E-state index is 13.6. The summed E-state index contributed by atoms with van der Waals surface area (Å²) >= 11 is 0. The van der Waals surface area contributed by atoms with E-state index in [9.17, 15) is 9.18 Å². The largest absolute Gasteiger partial charge is 0.490 e. The number of aliphatic hydroxyl groups excluding tert-OH is 1. The van der Waals surface area contributed by atoms with Gasteiger partial charge in [0.2, 0.25) is 0 Å². The molecule has 6 heteroatoms. The average molecular weight is 462 g/mol. The van der Waals surface area contributed by atoms with Crippen LogP contribution in [0.15, 0.2) is 72.8 Å². The predicted octanol–water partition coefficient (Wildman–Crippen LogP) is 5.53. The quantitative estimate of drug-likeness (QED) is 0.440. The summed E-state index contributed by atoms with van der Waals surface area (Å²) in [6, 6.07) is 20.3. The smallest absolute Gasteiger partial charge is 0.407 e. The van der Waals surface area contributed by atoms with Crippen LogP contribution in [0.5, 0.6) is 5.75 Å². The zero-order valence-corrected chi connectivity index (χ0v) is 19.0. The van der Waals surface area contributed by atoms with Crippen molar-refractivity contribution in [2.45, 2.75) is 25.3 Å². The molecule has 3 aromatic carbocycles. The average Bonchev–Trinajstić information content (AvgIpc) is 3.18. The molecule has 1 amide bonds. The Labute approximate surface area is 198 Å². The molecule has 5 nitrogen and oxygen atoms in total. The molecule has 0 aliphatic heterocycles. The minimum Gasteiger partial charge on any atom is -0.490 e. The maximum absolute atomic E-state index is 13.6. The number of fused-ring (bicyclic) bond motifs is 3. The predicted molar refractivity (Wildman–Crippen MR) is 130 cm³/mol. The van der Waals surface area contributed by atoms with E-state index >= 15 is 0 Å². The van der Waals surface area contributed by atoms with E-state index in [-0.39, 0.29) is 31.8 Å². The second-order valence-corrected chi connectivity index (χ2v) is 8.10. The first-order valence-corrected chi connectivity index (χ1v) is 11.4. The first kappa shape index (κ1) is 23.5. The number of carbonyl (C=O) groups is 1. The van der Waals surface area contributed by atoms with Crippen LogP contribution >= 0.6 is 0 Å². The van der Waals surface area contributed by atoms with Gasteiger partial charge in [0, 0.05) is 17.5 Å². The summed E-state index contributed by atoms with van der Waals surface area (Å²) in [6.07, 6.45) is 3.74. The third-order valence-electron chi connectivity index (χ3n) is 5.92. The van der Waals surface area contributed by atoms with Gasteiger partial charge in [-0.3, -0.25) is 0 Å². The fourth-order valence-corrected chi connectivity index (χ4v) is 4.22. The van der Waals surface area contributed by atoms with Gasteiger partial charge in [0.25, 0.3) is 0 Å². The standard InChI is InChI=1S/C28H28FNO4/c1-2-21(14-12-19-11-13-20(29)17-27(19)33-16-15-31)30-28(32)34-18-26-24-9-5-3-7-22(24)23-8-4-6-10-25(23)26/h3-14,17,21,26,31H,2,15-16,18H2,1H3,(H,30,32)/t21-/m1/s1. The zero-order chi connectivity index (χ0) is 23.9. The van der Waals surface area contributed by atoms with Gasteiger partial charge in [-0.1, -0.05) is 67.6 Å². The molecule has 0 unspecified atom stereocenters. The second-order valence-electron chi connectivity index (χ2n) is 8.10. The number of amides is 1. The SMILES string of the molecule is CC[C@H](C=Cc1ccc(F)cc1OCCO)NC(=O)OCC1c2ccccc2-c2ccccc21. The third-order valence-corrected chi connectivity index (χ3v) is 5.92. The summed E-state index contributed by atoms with van der Waals surface area (Å²) in [4.78, 5) is 12.6. The second kappa shape index (κ2) is 11.0. The van der Waals surface area contributed by atoms with Gasteiger partial charge in [0.15, 0.2) is 0 Å². The highest BCUT2D eigenvalue weighted by molar-refractivity contribution is 5.79. The number of hydrogen-bond donors (Lipinski definition) is 2. The van der Waals surface area contributed by atoms with Gasteiger partial charge >= 0.3 is 6.09 Å². The van der Waals surface area contributed by atoms with E-state index < -0.39 is 11.9 Å². The number of alkyl carbamates (subject to hydrolysis) is 1. The molecule has 0 fully saturated rings. The van der Waals surface area contributed by atoms with Gasteiger partial charge in [0.1, 0.15) is 24.8 Å². The Balaban J connectivity index is 1.39. The lowest BCUT2D eigenvalue weighted by Gasteiger charge is -2.17. The van der Waals surface area contributed by atoms with Crippen LogP contribution in [-0.2, 0) is 4.74 Å². The highest BCUT2D eigenvalue weighted by atomic mass is 19.1. The van der Waals surface area contributed by atoms with Crippen molar-refractivity contribution in [2.75, 3.05) is 19.8 Å². The summed E-state index contributed by atoms with van der Waals surface area (Å²) in [7, 11) is 0. The number of nitrogens with one attached hydrogen (secondary N) is 1. The fourth-order valence-electron chi connectivity index (χ4n) is 4.22. The number of carbonyl (C=O) groups excluding carboxylic acids is 1. The van der Waals surface area contributed by atoms with Crippen molar-refractivity contribution < 1.29 is 23.8 Å².